The molecule has 0 amide bonds. The first-order valence-corrected chi connectivity index (χ1v) is 7.54. The van der Waals surface area contributed by atoms with Crippen molar-refractivity contribution >= 4 is 0 Å². The average molecular weight is 265 g/mol. The maximum absolute atomic E-state index is 6.27. The largest absolute Gasteiger partial charge is 0.325 e. The van der Waals surface area contributed by atoms with E-state index in [-0.39, 0.29) is 5.54 Å². The summed E-state index contributed by atoms with van der Waals surface area (Å²) in [4.78, 5) is 0. The summed E-state index contributed by atoms with van der Waals surface area (Å²) in [5, 5.41) is 0. The van der Waals surface area contributed by atoms with Crippen molar-refractivity contribution in [3.63, 3.8) is 0 Å². The van der Waals surface area contributed by atoms with Crippen molar-refractivity contribution in [2.75, 3.05) is 0 Å². The van der Waals surface area contributed by atoms with Crippen LogP contribution in [0.3, 0.4) is 0 Å². The molecule has 0 heterocycles. The van der Waals surface area contributed by atoms with Gasteiger partial charge in [0.1, 0.15) is 0 Å². The van der Waals surface area contributed by atoms with Crippen LogP contribution in [0, 0.1) is 0 Å². The molecule has 104 valence electrons. The van der Waals surface area contributed by atoms with Crippen LogP contribution in [0.25, 0.3) is 11.1 Å². The number of hydrogen-bond donors (Lipinski definition) is 1. The molecule has 3 rings (SSSR count). The van der Waals surface area contributed by atoms with Gasteiger partial charge in [-0.1, -0.05) is 62.4 Å². The first-order chi connectivity index (χ1) is 9.57. The third-order valence-electron chi connectivity index (χ3n) is 4.27. The van der Waals surface area contributed by atoms with Gasteiger partial charge in [-0.25, -0.2) is 0 Å². The third kappa shape index (κ3) is 2.78. The van der Waals surface area contributed by atoms with Gasteiger partial charge >= 0.3 is 0 Å². The minimum absolute atomic E-state index is 0.0767. The zero-order valence-corrected chi connectivity index (χ0v) is 12.4. The first-order valence-electron chi connectivity index (χ1n) is 7.54. The lowest BCUT2D eigenvalue weighted by Gasteiger charge is -2.16. The van der Waals surface area contributed by atoms with Gasteiger partial charge in [0.2, 0.25) is 0 Å². The van der Waals surface area contributed by atoms with Gasteiger partial charge in [-0.3, -0.25) is 0 Å². The monoisotopic (exact) mass is 265 g/mol. The van der Waals surface area contributed by atoms with Crippen molar-refractivity contribution in [2.45, 2.75) is 44.6 Å². The molecule has 2 aromatic rings. The molecule has 20 heavy (non-hydrogen) atoms. The predicted octanol–water partition coefficient (Wildman–Crippen LogP) is 4.51. The Balaban J connectivity index is 2.01. The van der Waals surface area contributed by atoms with Crippen molar-refractivity contribution in [3.8, 4) is 11.1 Å². The number of nitrogens with two attached hydrogens (primary N) is 1. The van der Waals surface area contributed by atoms with Crippen molar-refractivity contribution in [3.05, 3.63) is 59.7 Å². The second-order valence-electron chi connectivity index (χ2n) is 6.48. The Bertz CT molecular complexity index is 594. The van der Waals surface area contributed by atoms with E-state index in [0.717, 1.165) is 6.42 Å². The van der Waals surface area contributed by atoms with Crippen LogP contribution in [-0.2, 0) is 6.42 Å². The topological polar surface area (TPSA) is 26.0 Å². The summed E-state index contributed by atoms with van der Waals surface area (Å²) in [7, 11) is 0. The molecular formula is C19H23N. The Kier molecular flexibility index (Phi) is 3.39. The SMILES string of the molecule is CC(C)c1ccc(CC2(N)CC2)cc1-c1ccccc1. The van der Waals surface area contributed by atoms with Gasteiger partial charge in [-0.05, 0) is 47.4 Å². The van der Waals surface area contributed by atoms with E-state index in [1.54, 1.807) is 0 Å². The fourth-order valence-electron chi connectivity index (χ4n) is 2.83. The van der Waals surface area contributed by atoms with Crippen LogP contribution < -0.4 is 5.73 Å². The molecule has 0 bridgehead atoms. The number of hydrogen-bond acceptors (Lipinski definition) is 1. The summed E-state index contributed by atoms with van der Waals surface area (Å²) < 4.78 is 0. The molecule has 0 aliphatic heterocycles. The lowest BCUT2D eigenvalue weighted by molar-refractivity contribution is 0.672. The minimum Gasteiger partial charge on any atom is -0.325 e. The molecule has 1 heteroatoms. The summed E-state index contributed by atoms with van der Waals surface area (Å²) in [6.45, 7) is 4.51. The van der Waals surface area contributed by atoms with Crippen LogP contribution in [-0.4, -0.2) is 5.54 Å². The van der Waals surface area contributed by atoms with E-state index < -0.39 is 0 Å². The summed E-state index contributed by atoms with van der Waals surface area (Å²) in [6.07, 6.45) is 3.34. The van der Waals surface area contributed by atoms with Crippen LogP contribution in [0.1, 0.15) is 43.7 Å². The van der Waals surface area contributed by atoms with Gasteiger partial charge in [0, 0.05) is 5.54 Å². The molecule has 1 aliphatic rings. The van der Waals surface area contributed by atoms with E-state index >= 15 is 0 Å². The van der Waals surface area contributed by atoms with Crippen molar-refractivity contribution in [2.24, 2.45) is 5.73 Å². The molecule has 1 fully saturated rings. The van der Waals surface area contributed by atoms with Crippen molar-refractivity contribution in [1.29, 1.82) is 0 Å². The minimum atomic E-state index is 0.0767. The molecule has 0 unspecified atom stereocenters. The highest BCUT2D eigenvalue weighted by Gasteiger charge is 2.38. The van der Waals surface area contributed by atoms with Crippen LogP contribution in [0.4, 0.5) is 0 Å². The van der Waals surface area contributed by atoms with E-state index in [9.17, 15) is 0 Å². The third-order valence-corrected chi connectivity index (χ3v) is 4.27. The molecule has 0 spiro atoms. The Hall–Kier alpha value is -1.60. The quantitative estimate of drug-likeness (QED) is 0.864. The van der Waals surface area contributed by atoms with Gasteiger partial charge in [-0.2, -0.15) is 0 Å². The molecular weight excluding hydrogens is 242 g/mol. The second-order valence-corrected chi connectivity index (χ2v) is 6.48. The van der Waals surface area contributed by atoms with E-state index in [1.807, 2.05) is 0 Å². The Morgan fingerprint density at radius 1 is 1.05 bits per heavy atom. The lowest BCUT2D eigenvalue weighted by atomic mass is 9.89. The van der Waals surface area contributed by atoms with Gasteiger partial charge in [0.25, 0.3) is 0 Å². The first kappa shape index (κ1) is 13.4. The molecule has 0 radical (unpaired) electrons. The van der Waals surface area contributed by atoms with E-state index in [0.29, 0.717) is 5.92 Å². The van der Waals surface area contributed by atoms with E-state index in [1.165, 1.54) is 35.1 Å². The highest BCUT2D eigenvalue weighted by Crippen LogP contribution is 2.37. The predicted molar refractivity (Wildman–Crippen MR) is 85.8 cm³/mol. The summed E-state index contributed by atoms with van der Waals surface area (Å²) in [6, 6.07) is 17.6. The Morgan fingerprint density at radius 2 is 1.75 bits per heavy atom. The molecule has 0 atom stereocenters. The zero-order chi connectivity index (χ0) is 14.2. The van der Waals surface area contributed by atoms with Crippen LogP contribution in [0.15, 0.2) is 48.5 Å². The fraction of sp³-hybridized carbons (Fsp3) is 0.368. The molecule has 0 saturated heterocycles. The number of rotatable bonds is 4. The molecule has 0 aromatic heterocycles. The summed E-state index contributed by atoms with van der Waals surface area (Å²) >= 11 is 0. The molecule has 1 nitrogen and oxygen atoms in total. The lowest BCUT2D eigenvalue weighted by Crippen LogP contribution is -2.24. The fourth-order valence-corrected chi connectivity index (χ4v) is 2.83. The zero-order valence-electron chi connectivity index (χ0n) is 12.4. The Labute approximate surface area is 121 Å². The molecule has 1 saturated carbocycles. The van der Waals surface area contributed by atoms with Crippen molar-refractivity contribution in [1.82, 2.24) is 0 Å². The smallest absolute Gasteiger partial charge is 0.0196 e. The number of benzene rings is 2. The normalized spacial score (nSPS) is 16.4. The highest BCUT2D eigenvalue weighted by atomic mass is 14.8. The van der Waals surface area contributed by atoms with Crippen LogP contribution in [0.2, 0.25) is 0 Å². The van der Waals surface area contributed by atoms with Crippen molar-refractivity contribution < 1.29 is 0 Å². The van der Waals surface area contributed by atoms with Gasteiger partial charge < -0.3 is 5.73 Å². The average Bonchev–Trinajstić information content (AvgIpc) is 3.16. The van der Waals surface area contributed by atoms with E-state index in [2.05, 4.69) is 62.4 Å². The van der Waals surface area contributed by atoms with Gasteiger partial charge in [0.05, 0.1) is 0 Å². The van der Waals surface area contributed by atoms with Crippen LogP contribution >= 0.6 is 0 Å². The molecule has 2 aromatic carbocycles. The summed E-state index contributed by atoms with van der Waals surface area (Å²) in [5.41, 5.74) is 11.8. The highest BCUT2D eigenvalue weighted by molar-refractivity contribution is 5.69. The standard InChI is InChI=1S/C19H23N/c1-14(2)17-9-8-15(13-19(20)10-11-19)12-18(17)16-6-4-3-5-7-16/h3-9,12,14H,10-11,13,20H2,1-2H3. The van der Waals surface area contributed by atoms with Gasteiger partial charge in [-0.15, -0.1) is 0 Å². The Morgan fingerprint density at radius 3 is 2.35 bits per heavy atom. The van der Waals surface area contributed by atoms with Crippen LogP contribution in [0.5, 0.6) is 0 Å². The summed E-state index contributed by atoms with van der Waals surface area (Å²) in [5.74, 6) is 0.534. The maximum Gasteiger partial charge on any atom is 0.0196 e. The van der Waals surface area contributed by atoms with Gasteiger partial charge in [0.15, 0.2) is 0 Å². The van der Waals surface area contributed by atoms with E-state index in [4.69, 9.17) is 5.73 Å². The molecule has 1 aliphatic carbocycles. The second kappa shape index (κ2) is 5.06. The maximum atomic E-state index is 6.27. The molecule has 2 N–H and O–H groups in total.